The molecule has 4 nitrogen and oxygen atoms in total. The maximum absolute atomic E-state index is 10.8. The highest BCUT2D eigenvalue weighted by molar-refractivity contribution is 5.87. The van der Waals surface area contributed by atoms with Crippen molar-refractivity contribution in [1.82, 2.24) is 5.32 Å². The monoisotopic (exact) mass is 277 g/mol. The van der Waals surface area contributed by atoms with Gasteiger partial charge in [-0.2, -0.15) is 0 Å². The summed E-state index contributed by atoms with van der Waals surface area (Å²) in [5.41, 5.74) is 0.260. The molecule has 1 aromatic carbocycles. The predicted molar refractivity (Wildman–Crippen MR) is 78.3 cm³/mol. The molecule has 0 spiro atoms. The standard InChI is InChI=1S/C16H23NO3/c1-12-5-6-13(9-12)11-17-7-8-20-15-4-2-3-14(10-15)16(18)19/h2-4,10,12-13,17H,5-9,11H2,1H3,(H,18,19). The number of carboxylic acid groups (broad SMARTS) is 1. The van der Waals surface area contributed by atoms with Gasteiger partial charge in [-0.1, -0.05) is 19.4 Å². The van der Waals surface area contributed by atoms with Crippen molar-refractivity contribution in [2.24, 2.45) is 11.8 Å². The third-order valence-corrected chi connectivity index (χ3v) is 3.86. The van der Waals surface area contributed by atoms with E-state index in [9.17, 15) is 4.79 Å². The minimum atomic E-state index is -0.927. The van der Waals surface area contributed by atoms with Crippen LogP contribution in [0.15, 0.2) is 24.3 Å². The molecule has 1 aliphatic carbocycles. The van der Waals surface area contributed by atoms with Crippen LogP contribution in [-0.2, 0) is 0 Å². The lowest BCUT2D eigenvalue weighted by molar-refractivity contribution is 0.0696. The Labute approximate surface area is 120 Å². The molecule has 0 heterocycles. The highest BCUT2D eigenvalue weighted by atomic mass is 16.5. The lowest BCUT2D eigenvalue weighted by Gasteiger charge is -2.12. The van der Waals surface area contributed by atoms with E-state index in [1.54, 1.807) is 24.3 Å². The molecule has 2 N–H and O–H groups in total. The average Bonchev–Trinajstić information content (AvgIpc) is 2.84. The summed E-state index contributed by atoms with van der Waals surface area (Å²) in [6.07, 6.45) is 4.01. The number of hydrogen-bond donors (Lipinski definition) is 2. The van der Waals surface area contributed by atoms with Gasteiger partial charge in [0.05, 0.1) is 5.56 Å². The Morgan fingerprint density at radius 3 is 3.00 bits per heavy atom. The molecule has 0 radical (unpaired) electrons. The molecule has 2 unspecified atom stereocenters. The van der Waals surface area contributed by atoms with Crippen LogP contribution in [-0.4, -0.2) is 30.8 Å². The van der Waals surface area contributed by atoms with Crippen LogP contribution in [0.2, 0.25) is 0 Å². The molecular weight excluding hydrogens is 254 g/mol. The summed E-state index contributed by atoms with van der Waals surface area (Å²) in [6, 6.07) is 6.60. The first kappa shape index (κ1) is 14.9. The van der Waals surface area contributed by atoms with Crippen LogP contribution < -0.4 is 10.1 Å². The van der Waals surface area contributed by atoms with Gasteiger partial charge < -0.3 is 15.2 Å². The summed E-state index contributed by atoms with van der Waals surface area (Å²) in [5.74, 6) is 1.36. The van der Waals surface area contributed by atoms with Crippen LogP contribution in [0.3, 0.4) is 0 Å². The van der Waals surface area contributed by atoms with Crippen molar-refractivity contribution in [1.29, 1.82) is 0 Å². The Bertz CT molecular complexity index is 447. The van der Waals surface area contributed by atoms with E-state index in [1.165, 1.54) is 19.3 Å². The normalized spacial score (nSPS) is 21.9. The zero-order valence-electron chi connectivity index (χ0n) is 12.0. The molecule has 1 saturated carbocycles. The maximum atomic E-state index is 10.8. The lowest BCUT2D eigenvalue weighted by Crippen LogP contribution is -2.26. The van der Waals surface area contributed by atoms with Crippen molar-refractivity contribution < 1.29 is 14.6 Å². The van der Waals surface area contributed by atoms with Gasteiger partial charge >= 0.3 is 5.97 Å². The van der Waals surface area contributed by atoms with Crippen molar-refractivity contribution in [3.05, 3.63) is 29.8 Å². The third kappa shape index (κ3) is 4.53. The Morgan fingerprint density at radius 2 is 2.30 bits per heavy atom. The number of carbonyl (C=O) groups is 1. The molecule has 1 aliphatic rings. The minimum absolute atomic E-state index is 0.260. The molecule has 0 bridgehead atoms. The second-order valence-corrected chi connectivity index (χ2v) is 5.67. The van der Waals surface area contributed by atoms with Gasteiger partial charge in [0.2, 0.25) is 0 Å². The van der Waals surface area contributed by atoms with Gasteiger partial charge in [0.25, 0.3) is 0 Å². The van der Waals surface area contributed by atoms with Gasteiger partial charge in [-0.25, -0.2) is 4.79 Å². The topological polar surface area (TPSA) is 58.6 Å². The summed E-state index contributed by atoms with van der Waals surface area (Å²) < 4.78 is 5.56. The molecule has 1 fully saturated rings. The van der Waals surface area contributed by atoms with Crippen LogP contribution in [0, 0.1) is 11.8 Å². The van der Waals surface area contributed by atoms with Crippen LogP contribution in [0.5, 0.6) is 5.75 Å². The van der Waals surface area contributed by atoms with Gasteiger partial charge in [-0.15, -0.1) is 0 Å². The smallest absolute Gasteiger partial charge is 0.335 e. The van der Waals surface area contributed by atoms with Crippen molar-refractivity contribution in [3.63, 3.8) is 0 Å². The Kier molecular flexibility index (Phi) is 5.41. The number of carboxylic acids is 1. The van der Waals surface area contributed by atoms with Crippen LogP contribution >= 0.6 is 0 Å². The van der Waals surface area contributed by atoms with E-state index in [-0.39, 0.29) is 5.56 Å². The molecule has 0 amide bonds. The summed E-state index contributed by atoms with van der Waals surface area (Å²) >= 11 is 0. The minimum Gasteiger partial charge on any atom is -0.492 e. The molecule has 0 aromatic heterocycles. The average molecular weight is 277 g/mol. The molecule has 2 atom stereocenters. The van der Waals surface area contributed by atoms with Crippen LogP contribution in [0.1, 0.15) is 36.5 Å². The molecule has 0 saturated heterocycles. The van der Waals surface area contributed by atoms with E-state index in [0.29, 0.717) is 12.4 Å². The van der Waals surface area contributed by atoms with Crippen molar-refractivity contribution >= 4 is 5.97 Å². The third-order valence-electron chi connectivity index (χ3n) is 3.86. The number of rotatable bonds is 7. The highest BCUT2D eigenvalue weighted by Gasteiger charge is 2.20. The zero-order chi connectivity index (χ0) is 14.4. The van der Waals surface area contributed by atoms with E-state index in [4.69, 9.17) is 9.84 Å². The number of ether oxygens (including phenoxy) is 1. The summed E-state index contributed by atoms with van der Waals surface area (Å²) in [7, 11) is 0. The first-order valence-electron chi connectivity index (χ1n) is 7.32. The molecule has 1 aromatic rings. The molecule has 110 valence electrons. The van der Waals surface area contributed by atoms with E-state index in [1.807, 2.05) is 0 Å². The molecular formula is C16H23NO3. The van der Waals surface area contributed by atoms with E-state index >= 15 is 0 Å². The van der Waals surface area contributed by atoms with Crippen molar-refractivity contribution in [3.8, 4) is 5.75 Å². The summed E-state index contributed by atoms with van der Waals surface area (Å²) in [4.78, 5) is 10.8. The Balaban J connectivity index is 1.63. The largest absolute Gasteiger partial charge is 0.492 e. The fraction of sp³-hybridized carbons (Fsp3) is 0.562. The second kappa shape index (κ2) is 7.29. The van der Waals surface area contributed by atoms with E-state index in [2.05, 4.69) is 12.2 Å². The fourth-order valence-electron chi connectivity index (χ4n) is 2.78. The molecule has 2 rings (SSSR count). The van der Waals surface area contributed by atoms with Gasteiger partial charge in [0.1, 0.15) is 12.4 Å². The second-order valence-electron chi connectivity index (χ2n) is 5.67. The van der Waals surface area contributed by atoms with Crippen LogP contribution in [0.4, 0.5) is 0 Å². The number of hydrogen-bond acceptors (Lipinski definition) is 3. The highest BCUT2D eigenvalue weighted by Crippen LogP contribution is 2.29. The quantitative estimate of drug-likeness (QED) is 0.752. The van der Waals surface area contributed by atoms with E-state index < -0.39 is 5.97 Å². The first-order valence-corrected chi connectivity index (χ1v) is 7.32. The number of aromatic carboxylic acids is 1. The number of nitrogens with one attached hydrogen (secondary N) is 1. The maximum Gasteiger partial charge on any atom is 0.335 e. The zero-order valence-corrected chi connectivity index (χ0v) is 12.0. The lowest BCUT2D eigenvalue weighted by atomic mass is 10.1. The van der Waals surface area contributed by atoms with E-state index in [0.717, 1.165) is 24.9 Å². The first-order chi connectivity index (χ1) is 9.65. The van der Waals surface area contributed by atoms with Gasteiger partial charge in [0.15, 0.2) is 0 Å². The summed E-state index contributed by atoms with van der Waals surface area (Å²) in [5, 5.41) is 12.3. The number of benzene rings is 1. The van der Waals surface area contributed by atoms with Crippen molar-refractivity contribution in [2.75, 3.05) is 19.7 Å². The van der Waals surface area contributed by atoms with Gasteiger partial charge in [-0.3, -0.25) is 0 Å². The van der Waals surface area contributed by atoms with Crippen molar-refractivity contribution in [2.45, 2.75) is 26.2 Å². The molecule has 0 aliphatic heterocycles. The van der Waals surface area contributed by atoms with Crippen LogP contribution in [0.25, 0.3) is 0 Å². The predicted octanol–water partition coefficient (Wildman–Crippen LogP) is 2.79. The summed E-state index contributed by atoms with van der Waals surface area (Å²) in [6.45, 7) is 4.73. The van der Waals surface area contributed by atoms with Gasteiger partial charge in [-0.05, 0) is 49.4 Å². The Morgan fingerprint density at radius 1 is 1.45 bits per heavy atom. The van der Waals surface area contributed by atoms with Gasteiger partial charge in [0, 0.05) is 6.54 Å². The molecule has 20 heavy (non-hydrogen) atoms. The fourth-order valence-corrected chi connectivity index (χ4v) is 2.78. The Hall–Kier alpha value is -1.55. The SMILES string of the molecule is CC1CCC(CNCCOc2cccc(C(=O)O)c2)C1. The molecule has 4 heteroatoms.